The van der Waals surface area contributed by atoms with Crippen molar-refractivity contribution in [2.24, 2.45) is 11.8 Å². The average Bonchev–Trinajstić information content (AvgIpc) is 2.23. The van der Waals surface area contributed by atoms with Gasteiger partial charge in [0, 0.05) is 19.5 Å². The molecule has 1 heterocycles. The summed E-state index contributed by atoms with van der Waals surface area (Å²) in [5.74, 6) is -6.61. The number of piperidine rings is 1. The number of carboxylic acids is 1. The molecule has 0 aromatic heterocycles. The first kappa shape index (κ1) is 16.6. The maximum atomic E-state index is 12.3. The van der Waals surface area contributed by atoms with Crippen LogP contribution in [-0.2, 0) is 9.59 Å². The topological polar surface area (TPSA) is 57.6 Å². The molecule has 1 aliphatic rings. The normalized spacial score (nSPS) is 24.6. The van der Waals surface area contributed by atoms with Crippen LogP contribution in [0.2, 0.25) is 0 Å². The van der Waals surface area contributed by atoms with Crippen LogP contribution < -0.4 is 0 Å². The van der Waals surface area contributed by atoms with E-state index in [1.165, 1.54) is 0 Å². The highest BCUT2D eigenvalue weighted by Crippen LogP contribution is 2.33. The molecule has 4 nitrogen and oxygen atoms in total. The Morgan fingerprint density at radius 1 is 1.10 bits per heavy atom. The van der Waals surface area contributed by atoms with E-state index in [9.17, 15) is 35.9 Å². The predicted octanol–water partition coefficient (Wildman–Crippen LogP) is 2.05. The molecule has 116 valence electrons. The van der Waals surface area contributed by atoms with Gasteiger partial charge in [0.15, 0.2) is 0 Å². The van der Waals surface area contributed by atoms with Gasteiger partial charge >= 0.3 is 24.2 Å². The van der Waals surface area contributed by atoms with E-state index in [1.54, 1.807) is 0 Å². The molecule has 0 bridgehead atoms. The number of carbonyl (C=O) groups excluding carboxylic acids is 1. The van der Waals surface area contributed by atoms with E-state index in [1.807, 2.05) is 0 Å². The van der Waals surface area contributed by atoms with Crippen molar-refractivity contribution in [1.29, 1.82) is 0 Å². The van der Waals surface area contributed by atoms with Crippen LogP contribution >= 0.6 is 0 Å². The standard InChI is InChI=1S/C10H11F6NO3/c11-9(12,13)2-5-1-6(7(18)19)4-17(3-5)8(20)10(14,15)16/h5-6H,1-4H2,(H,18,19). The molecule has 0 radical (unpaired) electrons. The van der Waals surface area contributed by atoms with Crippen molar-refractivity contribution in [3.63, 3.8) is 0 Å². The van der Waals surface area contributed by atoms with Crippen molar-refractivity contribution < 1.29 is 41.0 Å². The van der Waals surface area contributed by atoms with E-state index < -0.39 is 62.0 Å². The number of carbonyl (C=O) groups is 2. The largest absolute Gasteiger partial charge is 0.481 e. The minimum Gasteiger partial charge on any atom is -0.481 e. The fourth-order valence-corrected chi connectivity index (χ4v) is 2.20. The van der Waals surface area contributed by atoms with Crippen molar-refractivity contribution >= 4 is 11.9 Å². The molecule has 2 atom stereocenters. The third kappa shape index (κ3) is 4.57. The van der Waals surface area contributed by atoms with E-state index in [4.69, 9.17) is 5.11 Å². The van der Waals surface area contributed by atoms with Gasteiger partial charge in [-0.1, -0.05) is 0 Å². The molecule has 1 amide bonds. The summed E-state index contributed by atoms with van der Waals surface area (Å²) < 4.78 is 73.6. The van der Waals surface area contributed by atoms with Gasteiger partial charge in [0.2, 0.25) is 0 Å². The number of alkyl halides is 6. The number of amides is 1. The maximum Gasteiger partial charge on any atom is 0.471 e. The van der Waals surface area contributed by atoms with Gasteiger partial charge in [-0.3, -0.25) is 9.59 Å². The summed E-state index contributed by atoms with van der Waals surface area (Å²) >= 11 is 0. The van der Waals surface area contributed by atoms with Crippen LogP contribution in [0.25, 0.3) is 0 Å². The Kier molecular flexibility index (Phi) is 4.55. The van der Waals surface area contributed by atoms with Crippen molar-refractivity contribution in [1.82, 2.24) is 4.90 Å². The van der Waals surface area contributed by atoms with Crippen LogP contribution in [0.15, 0.2) is 0 Å². The SMILES string of the molecule is O=C(O)C1CC(CC(F)(F)F)CN(C(=O)C(F)(F)F)C1. The number of nitrogens with zero attached hydrogens (tertiary/aromatic N) is 1. The Morgan fingerprint density at radius 3 is 2.05 bits per heavy atom. The molecule has 10 heteroatoms. The van der Waals surface area contributed by atoms with E-state index >= 15 is 0 Å². The Balaban J connectivity index is 2.86. The summed E-state index contributed by atoms with van der Waals surface area (Å²) in [6.07, 6.45) is -11.7. The van der Waals surface area contributed by atoms with Crippen LogP contribution in [0.4, 0.5) is 26.3 Å². The van der Waals surface area contributed by atoms with Gasteiger partial charge in [-0.2, -0.15) is 26.3 Å². The molecule has 1 fully saturated rings. The maximum absolute atomic E-state index is 12.3. The molecule has 0 aromatic carbocycles. The lowest BCUT2D eigenvalue weighted by Gasteiger charge is -2.36. The predicted molar refractivity (Wildman–Crippen MR) is 52.5 cm³/mol. The molecular weight excluding hydrogens is 296 g/mol. The van der Waals surface area contributed by atoms with Crippen LogP contribution in [0.1, 0.15) is 12.8 Å². The van der Waals surface area contributed by atoms with Crippen molar-refractivity contribution in [3.05, 3.63) is 0 Å². The van der Waals surface area contributed by atoms with Crippen molar-refractivity contribution in [3.8, 4) is 0 Å². The van der Waals surface area contributed by atoms with Crippen LogP contribution in [0.5, 0.6) is 0 Å². The molecule has 0 aliphatic carbocycles. The van der Waals surface area contributed by atoms with Gasteiger partial charge in [-0.25, -0.2) is 0 Å². The van der Waals surface area contributed by atoms with Crippen LogP contribution in [0.3, 0.4) is 0 Å². The number of aliphatic carboxylic acids is 1. The Bertz CT molecular complexity index is 391. The minimum atomic E-state index is -5.23. The summed E-state index contributed by atoms with van der Waals surface area (Å²) in [6, 6.07) is 0. The van der Waals surface area contributed by atoms with E-state index in [0.29, 0.717) is 0 Å². The van der Waals surface area contributed by atoms with Gasteiger partial charge in [0.1, 0.15) is 0 Å². The fraction of sp³-hybridized carbons (Fsp3) is 0.800. The number of carboxylic acid groups (broad SMARTS) is 1. The van der Waals surface area contributed by atoms with Gasteiger partial charge in [-0.15, -0.1) is 0 Å². The third-order valence-electron chi connectivity index (χ3n) is 2.94. The highest BCUT2D eigenvalue weighted by Gasteiger charge is 2.47. The zero-order valence-corrected chi connectivity index (χ0v) is 9.96. The van der Waals surface area contributed by atoms with Gasteiger partial charge in [0.05, 0.1) is 5.92 Å². The molecule has 0 saturated carbocycles. The monoisotopic (exact) mass is 307 g/mol. The van der Waals surface area contributed by atoms with Gasteiger partial charge in [-0.05, 0) is 12.3 Å². The molecule has 1 rings (SSSR count). The summed E-state index contributed by atoms with van der Waals surface area (Å²) in [5, 5.41) is 8.76. The smallest absolute Gasteiger partial charge is 0.471 e. The van der Waals surface area contributed by atoms with E-state index in [0.717, 1.165) is 0 Å². The first-order valence-corrected chi connectivity index (χ1v) is 5.56. The molecule has 0 aromatic rings. The van der Waals surface area contributed by atoms with Crippen LogP contribution in [0, 0.1) is 11.8 Å². The second-order valence-corrected chi connectivity index (χ2v) is 4.66. The molecule has 1 saturated heterocycles. The summed E-state index contributed by atoms with van der Waals surface area (Å²) in [4.78, 5) is 21.9. The number of hydrogen-bond donors (Lipinski definition) is 1. The Hall–Kier alpha value is -1.48. The summed E-state index contributed by atoms with van der Waals surface area (Å²) in [6.45, 7) is -1.48. The highest BCUT2D eigenvalue weighted by molar-refractivity contribution is 5.82. The van der Waals surface area contributed by atoms with Crippen LogP contribution in [-0.4, -0.2) is 47.3 Å². The van der Waals surface area contributed by atoms with Gasteiger partial charge in [0.25, 0.3) is 0 Å². The van der Waals surface area contributed by atoms with Crippen molar-refractivity contribution in [2.45, 2.75) is 25.2 Å². The van der Waals surface area contributed by atoms with E-state index in [-0.39, 0.29) is 4.90 Å². The van der Waals surface area contributed by atoms with Crippen molar-refractivity contribution in [2.75, 3.05) is 13.1 Å². The third-order valence-corrected chi connectivity index (χ3v) is 2.94. The number of hydrogen-bond acceptors (Lipinski definition) is 2. The molecule has 1 aliphatic heterocycles. The zero-order chi connectivity index (χ0) is 15.7. The molecule has 0 spiro atoms. The second-order valence-electron chi connectivity index (χ2n) is 4.66. The Labute approximate surface area is 109 Å². The second kappa shape index (κ2) is 5.49. The summed E-state index contributed by atoms with van der Waals surface area (Å²) in [5.41, 5.74) is 0. The summed E-state index contributed by atoms with van der Waals surface area (Å²) in [7, 11) is 0. The molecule has 1 N–H and O–H groups in total. The minimum absolute atomic E-state index is 0.138. The van der Waals surface area contributed by atoms with E-state index in [2.05, 4.69) is 0 Å². The highest BCUT2D eigenvalue weighted by atomic mass is 19.4. The van der Waals surface area contributed by atoms with Gasteiger partial charge < -0.3 is 10.0 Å². The fourth-order valence-electron chi connectivity index (χ4n) is 2.20. The zero-order valence-electron chi connectivity index (χ0n) is 9.96. The lowest BCUT2D eigenvalue weighted by molar-refractivity contribution is -0.191. The lowest BCUT2D eigenvalue weighted by Crippen LogP contribution is -2.51. The Morgan fingerprint density at radius 2 is 1.65 bits per heavy atom. The first-order valence-electron chi connectivity index (χ1n) is 5.56. The number of halogens is 6. The molecule has 2 unspecified atom stereocenters. The molecule has 20 heavy (non-hydrogen) atoms. The lowest BCUT2D eigenvalue weighted by atomic mass is 9.87. The first-order chi connectivity index (χ1) is 8.90. The number of rotatable bonds is 2. The molecular formula is C10H11F6NO3. The average molecular weight is 307 g/mol. The number of likely N-dealkylation sites (tertiary alicyclic amines) is 1. The quantitative estimate of drug-likeness (QED) is 0.794.